The molecule has 198 valence electrons. The van der Waals surface area contributed by atoms with E-state index in [9.17, 15) is 13.2 Å². The van der Waals surface area contributed by atoms with Gasteiger partial charge in [0, 0.05) is 22.6 Å². The number of alkyl halides is 1. The summed E-state index contributed by atoms with van der Waals surface area (Å²) in [6, 6.07) is 13.5. The fourth-order valence-corrected chi connectivity index (χ4v) is 6.16. The molecule has 6 nitrogen and oxygen atoms in total. The van der Waals surface area contributed by atoms with Crippen molar-refractivity contribution in [1.82, 2.24) is 10.2 Å². The molecule has 0 radical (unpaired) electrons. The molecular weight excluding hydrogens is 543 g/mol. The molecule has 0 aromatic heterocycles. The molecule has 0 saturated carbocycles. The first-order valence-electron chi connectivity index (χ1n) is 11.9. The van der Waals surface area contributed by atoms with E-state index in [1.165, 1.54) is 0 Å². The van der Waals surface area contributed by atoms with Crippen LogP contribution in [0.5, 0.6) is 0 Å². The van der Waals surface area contributed by atoms with Crippen LogP contribution in [0.4, 0.5) is 0 Å². The molecule has 0 bridgehead atoms. The molecule has 36 heavy (non-hydrogen) atoms. The number of morpholine rings is 1. The van der Waals surface area contributed by atoms with Crippen LogP contribution in [0.25, 0.3) is 0 Å². The highest BCUT2D eigenvalue weighted by Gasteiger charge is 2.47. The molecule has 1 heterocycles. The van der Waals surface area contributed by atoms with Crippen molar-refractivity contribution in [3.8, 4) is 0 Å². The molecule has 1 N–H and O–H groups in total. The second-order valence-corrected chi connectivity index (χ2v) is 13.8. The maximum atomic E-state index is 13.9. The van der Waals surface area contributed by atoms with E-state index in [-0.39, 0.29) is 24.2 Å². The van der Waals surface area contributed by atoms with Crippen LogP contribution in [0.1, 0.15) is 57.4 Å². The zero-order valence-electron chi connectivity index (χ0n) is 20.9. The molecule has 3 rings (SSSR count). The number of rotatable bonds is 9. The molecule has 1 aliphatic rings. The Labute approximate surface area is 229 Å². The molecule has 2 aromatic carbocycles. The fraction of sp³-hybridized carbons (Fsp3) is 0.500. The van der Waals surface area contributed by atoms with Gasteiger partial charge in [0.2, 0.25) is 0 Å². The zero-order valence-corrected chi connectivity index (χ0v) is 24.0. The number of sulfone groups is 1. The van der Waals surface area contributed by atoms with Crippen molar-refractivity contribution >= 4 is 50.5 Å². The number of amides is 1. The van der Waals surface area contributed by atoms with Crippen LogP contribution in [-0.2, 0) is 19.4 Å². The van der Waals surface area contributed by atoms with Gasteiger partial charge >= 0.3 is 0 Å². The second-order valence-electron chi connectivity index (χ2n) is 9.89. The quantitative estimate of drug-likeness (QED) is 0.303. The monoisotopic (exact) mass is 574 g/mol. The lowest BCUT2D eigenvalue weighted by Gasteiger charge is -2.48. The van der Waals surface area contributed by atoms with Crippen LogP contribution in [-0.4, -0.2) is 54.4 Å². The van der Waals surface area contributed by atoms with Crippen LogP contribution < -0.4 is 5.32 Å². The maximum Gasteiger partial charge on any atom is 0.253 e. The Balaban J connectivity index is 2.19. The highest BCUT2D eigenvalue weighted by molar-refractivity contribution is 7.92. The summed E-state index contributed by atoms with van der Waals surface area (Å²) in [6.07, 6.45) is -1.01. The average molecular weight is 576 g/mol. The number of carbonyl (C=O) groups excluding carboxylic acids is 1. The Hall–Kier alpha value is -1.35. The summed E-state index contributed by atoms with van der Waals surface area (Å²) < 4.78 is 32.0. The molecule has 10 heteroatoms. The lowest BCUT2D eigenvalue weighted by Crippen LogP contribution is -2.58. The molecule has 1 amide bonds. The summed E-state index contributed by atoms with van der Waals surface area (Å²) in [5.74, 6) is -0.456. The first kappa shape index (κ1) is 29.2. The molecule has 2 aromatic rings. The second kappa shape index (κ2) is 12.0. The number of halogens is 3. The Morgan fingerprint density at radius 2 is 1.72 bits per heavy atom. The Morgan fingerprint density at radius 3 is 2.28 bits per heavy atom. The first-order chi connectivity index (χ1) is 16.9. The van der Waals surface area contributed by atoms with Gasteiger partial charge in [0.05, 0.1) is 22.5 Å². The van der Waals surface area contributed by atoms with Gasteiger partial charge in [-0.1, -0.05) is 54.4 Å². The fourth-order valence-electron chi connectivity index (χ4n) is 4.32. The SMILES string of the molecule is CCC(CS(=O)(=O)C(C)(C)C)N1C(=O)C(CNCCl)OC(c2cccc(Cl)c2)C1c1ccc(Cl)cc1. The molecule has 4 atom stereocenters. The van der Waals surface area contributed by atoms with Crippen molar-refractivity contribution in [1.29, 1.82) is 0 Å². The molecule has 1 fully saturated rings. The number of nitrogens with zero attached hydrogens (tertiary/aromatic N) is 1. The highest BCUT2D eigenvalue weighted by Crippen LogP contribution is 2.44. The van der Waals surface area contributed by atoms with Crippen LogP contribution in [0, 0.1) is 0 Å². The number of carbonyl (C=O) groups is 1. The van der Waals surface area contributed by atoms with Crippen molar-refractivity contribution < 1.29 is 17.9 Å². The lowest BCUT2D eigenvalue weighted by molar-refractivity contribution is -0.177. The van der Waals surface area contributed by atoms with Crippen LogP contribution in [0.2, 0.25) is 10.0 Å². The minimum absolute atomic E-state index is 0.144. The zero-order chi connectivity index (χ0) is 26.7. The standard InChI is InChI=1S/C26H33Cl3N2O4S/c1-5-21(15-36(33,34)26(2,3)4)31-23(17-9-11-19(28)12-10-17)24(18-7-6-8-20(29)13-18)35-22(25(31)32)14-30-16-27/h6-13,21-24,30H,5,14-16H2,1-4H3. The summed E-state index contributed by atoms with van der Waals surface area (Å²) in [6.45, 7) is 7.11. The molecule has 1 saturated heterocycles. The Kier molecular flexibility index (Phi) is 9.75. The molecule has 1 aliphatic heterocycles. The first-order valence-corrected chi connectivity index (χ1v) is 14.8. The number of hydrogen-bond acceptors (Lipinski definition) is 5. The van der Waals surface area contributed by atoms with E-state index >= 15 is 0 Å². The Morgan fingerprint density at radius 1 is 1.06 bits per heavy atom. The van der Waals surface area contributed by atoms with Gasteiger partial charge in [-0.3, -0.25) is 4.79 Å². The Bertz CT molecular complexity index is 1150. The summed E-state index contributed by atoms with van der Waals surface area (Å²) in [5.41, 5.74) is 1.57. The number of hydrogen-bond donors (Lipinski definition) is 1. The normalized spacial score (nSPS) is 22.0. The smallest absolute Gasteiger partial charge is 0.253 e. The lowest BCUT2D eigenvalue weighted by atomic mass is 9.90. The molecule has 0 aliphatic carbocycles. The minimum atomic E-state index is -3.53. The summed E-state index contributed by atoms with van der Waals surface area (Å²) in [7, 11) is -3.53. The van der Waals surface area contributed by atoms with Crippen molar-refractivity contribution in [2.75, 3.05) is 18.3 Å². The number of benzene rings is 2. The van der Waals surface area contributed by atoms with Gasteiger partial charge in [0.1, 0.15) is 12.2 Å². The van der Waals surface area contributed by atoms with Crippen molar-refractivity contribution in [3.05, 3.63) is 69.7 Å². The third-order valence-corrected chi connectivity index (χ3v) is 9.82. The number of ether oxygens (including phenoxy) is 1. The van der Waals surface area contributed by atoms with Gasteiger partial charge in [-0.2, -0.15) is 0 Å². The van der Waals surface area contributed by atoms with Crippen LogP contribution in [0.15, 0.2) is 48.5 Å². The summed E-state index contributed by atoms with van der Waals surface area (Å²) in [4.78, 5) is 15.6. The van der Waals surface area contributed by atoms with E-state index in [0.29, 0.717) is 16.5 Å². The predicted octanol–water partition coefficient (Wildman–Crippen LogP) is 5.78. The van der Waals surface area contributed by atoms with Gasteiger partial charge in [-0.15, -0.1) is 11.6 Å². The number of nitrogens with one attached hydrogen (secondary N) is 1. The molecular formula is C26H33Cl3N2O4S. The van der Waals surface area contributed by atoms with E-state index < -0.39 is 38.9 Å². The van der Waals surface area contributed by atoms with Gasteiger partial charge in [0.25, 0.3) is 5.91 Å². The van der Waals surface area contributed by atoms with E-state index in [1.54, 1.807) is 43.9 Å². The third kappa shape index (κ3) is 6.55. The highest BCUT2D eigenvalue weighted by atomic mass is 35.5. The largest absolute Gasteiger partial charge is 0.357 e. The van der Waals surface area contributed by atoms with Crippen molar-refractivity contribution in [2.24, 2.45) is 0 Å². The molecule has 4 unspecified atom stereocenters. The molecule has 0 spiro atoms. The summed E-state index contributed by atoms with van der Waals surface area (Å²) >= 11 is 18.3. The van der Waals surface area contributed by atoms with E-state index in [1.807, 2.05) is 37.3 Å². The maximum absolute atomic E-state index is 13.9. The topological polar surface area (TPSA) is 75.7 Å². The van der Waals surface area contributed by atoms with Crippen LogP contribution in [0.3, 0.4) is 0 Å². The average Bonchev–Trinajstić information content (AvgIpc) is 2.81. The van der Waals surface area contributed by atoms with Gasteiger partial charge in [-0.05, 0) is 62.6 Å². The van der Waals surface area contributed by atoms with Crippen molar-refractivity contribution in [3.63, 3.8) is 0 Å². The van der Waals surface area contributed by atoms with Gasteiger partial charge in [-0.25, -0.2) is 8.42 Å². The predicted molar refractivity (Wildman–Crippen MR) is 146 cm³/mol. The van der Waals surface area contributed by atoms with Gasteiger partial charge < -0.3 is 15.0 Å². The van der Waals surface area contributed by atoms with E-state index in [0.717, 1.165) is 11.1 Å². The van der Waals surface area contributed by atoms with Crippen LogP contribution >= 0.6 is 34.8 Å². The van der Waals surface area contributed by atoms with E-state index in [4.69, 9.17) is 39.5 Å². The summed E-state index contributed by atoms with van der Waals surface area (Å²) in [5, 5.41) is 4.06. The third-order valence-electron chi connectivity index (χ3n) is 6.45. The van der Waals surface area contributed by atoms with Gasteiger partial charge in [0.15, 0.2) is 9.84 Å². The minimum Gasteiger partial charge on any atom is -0.357 e. The van der Waals surface area contributed by atoms with E-state index in [2.05, 4.69) is 5.32 Å². The van der Waals surface area contributed by atoms with Crippen molar-refractivity contribution in [2.45, 2.75) is 63.2 Å².